The number of hydrogen-bond acceptors (Lipinski definition) is 6. The van der Waals surface area contributed by atoms with E-state index in [0.717, 1.165) is 35.6 Å². The maximum Gasteiger partial charge on any atom is 0.206 e. The van der Waals surface area contributed by atoms with Gasteiger partial charge in [-0.05, 0) is 36.4 Å². The highest BCUT2D eigenvalue weighted by atomic mass is 32.1. The van der Waals surface area contributed by atoms with Crippen molar-refractivity contribution in [1.82, 2.24) is 9.66 Å². The molecule has 0 spiro atoms. The van der Waals surface area contributed by atoms with Crippen molar-refractivity contribution in [2.24, 2.45) is 10.1 Å². The molecule has 0 amide bonds. The highest BCUT2D eigenvalue weighted by molar-refractivity contribution is 7.14. The molecule has 0 aliphatic carbocycles. The summed E-state index contributed by atoms with van der Waals surface area (Å²) in [5.41, 5.74) is 1.88. The molecule has 1 aliphatic heterocycles. The Balaban J connectivity index is 1.69. The number of rotatable bonds is 5. The predicted molar refractivity (Wildman–Crippen MR) is 102 cm³/mol. The molecule has 4 rings (SSSR count). The van der Waals surface area contributed by atoms with Gasteiger partial charge in [-0.25, -0.2) is 4.68 Å². The van der Waals surface area contributed by atoms with Crippen LogP contribution in [0.5, 0.6) is 0 Å². The minimum Gasteiger partial charge on any atom is -0.376 e. The first-order valence-corrected chi connectivity index (χ1v) is 9.98. The number of hydrogen-bond donors (Lipinski definition) is 0. The van der Waals surface area contributed by atoms with Crippen LogP contribution in [0.4, 0.5) is 0 Å². The summed E-state index contributed by atoms with van der Waals surface area (Å²) < 4.78 is 7.58. The first-order valence-electron chi connectivity index (χ1n) is 8.22. The molecule has 1 saturated heterocycles. The van der Waals surface area contributed by atoms with Crippen molar-refractivity contribution in [3.63, 3.8) is 0 Å². The Morgan fingerprint density at radius 3 is 3.04 bits per heavy atom. The first-order chi connectivity index (χ1) is 12.4. The number of ether oxygens (including phenoxy) is 1. The third-order valence-corrected chi connectivity index (χ3v) is 5.65. The normalized spacial score (nSPS) is 18.4. The molecule has 0 radical (unpaired) electrons. The first kappa shape index (κ1) is 16.4. The number of aromatic nitrogens is 2. The molecule has 5 nitrogen and oxygen atoms in total. The van der Waals surface area contributed by atoms with Gasteiger partial charge >= 0.3 is 0 Å². The second-order valence-corrected chi connectivity index (χ2v) is 7.45. The molecule has 0 saturated carbocycles. The average molecular weight is 371 g/mol. The summed E-state index contributed by atoms with van der Waals surface area (Å²) in [5, 5.41) is 8.83. The van der Waals surface area contributed by atoms with E-state index in [9.17, 15) is 0 Å². The standard InChI is InChI=1S/C18H18N4OS2/c1-2-8-19-14(5-1)11-21-22-16(17-7-4-10-24-17)13-25-18(22)20-12-15-6-3-9-23-15/h1-2,4-5,7-8,10-11,13,15H,3,6,9,12H2/b20-18?,21-11-/t15-/m0/s1. The van der Waals surface area contributed by atoms with Crippen LogP contribution in [0.25, 0.3) is 10.6 Å². The predicted octanol–water partition coefficient (Wildman–Crippen LogP) is 3.64. The molecule has 3 aromatic heterocycles. The van der Waals surface area contributed by atoms with Crippen LogP contribution in [-0.2, 0) is 4.74 Å². The van der Waals surface area contributed by atoms with Gasteiger partial charge in [-0.1, -0.05) is 12.1 Å². The topological polar surface area (TPSA) is 51.8 Å². The fourth-order valence-corrected chi connectivity index (χ4v) is 4.29. The maximum atomic E-state index is 5.68. The van der Waals surface area contributed by atoms with E-state index in [2.05, 4.69) is 26.9 Å². The van der Waals surface area contributed by atoms with E-state index in [-0.39, 0.29) is 6.10 Å². The van der Waals surface area contributed by atoms with Gasteiger partial charge in [0, 0.05) is 18.2 Å². The van der Waals surface area contributed by atoms with Crippen molar-refractivity contribution in [3.05, 3.63) is 57.8 Å². The fraction of sp³-hybridized carbons (Fsp3) is 0.278. The monoisotopic (exact) mass is 370 g/mol. The Morgan fingerprint density at radius 1 is 1.28 bits per heavy atom. The highest BCUT2D eigenvalue weighted by Gasteiger charge is 2.15. The van der Waals surface area contributed by atoms with Gasteiger partial charge in [0.1, 0.15) is 0 Å². The zero-order valence-electron chi connectivity index (χ0n) is 13.6. The van der Waals surface area contributed by atoms with Gasteiger partial charge in [-0.2, -0.15) is 5.10 Å². The summed E-state index contributed by atoms with van der Waals surface area (Å²) in [6, 6.07) is 9.94. The summed E-state index contributed by atoms with van der Waals surface area (Å²) in [5.74, 6) is 0. The Morgan fingerprint density at radius 2 is 2.28 bits per heavy atom. The van der Waals surface area contributed by atoms with Crippen LogP contribution in [0, 0.1) is 0 Å². The molecule has 3 aromatic rings. The molecule has 1 aliphatic rings. The molecule has 0 aromatic carbocycles. The lowest BCUT2D eigenvalue weighted by Crippen LogP contribution is -2.17. The molecule has 1 fully saturated rings. The Hall–Kier alpha value is -2.09. The van der Waals surface area contributed by atoms with E-state index in [1.807, 2.05) is 28.9 Å². The summed E-state index contributed by atoms with van der Waals surface area (Å²) in [6.07, 6.45) is 5.99. The number of nitrogens with zero attached hydrogens (tertiary/aromatic N) is 4. The molecule has 0 N–H and O–H groups in total. The van der Waals surface area contributed by atoms with Crippen LogP contribution in [-0.4, -0.2) is 35.1 Å². The van der Waals surface area contributed by atoms with E-state index in [1.165, 1.54) is 4.88 Å². The maximum absolute atomic E-state index is 5.68. The fourth-order valence-electron chi connectivity index (χ4n) is 2.65. The van der Waals surface area contributed by atoms with Gasteiger partial charge < -0.3 is 4.74 Å². The molecule has 25 heavy (non-hydrogen) atoms. The smallest absolute Gasteiger partial charge is 0.206 e. The van der Waals surface area contributed by atoms with Gasteiger partial charge in [0.05, 0.1) is 35.1 Å². The Kier molecular flexibility index (Phi) is 5.15. The molecule has 0 bridgehead atoms. The Labute approximate surface area is 154 Å². The summed E-state index contributed by atoms with van der Waals surface area (Å²) in [7, 11) is 0. The minimum absolute atomic E-state index is 0.237. The Bertz CT molecular complexity index is 891. The van der Waals surface area contributed by atoms with Crippen molar-refractivity contribution in [2.45, 2.75) is 18.9 Å². The van der Waals surface area contributed by atoms with Gasteiger partial charge in [0.25, 0.3) is 0 Å². The SMILES string of the molecule is C(=N/n1c(-c2cccs2)csc1=NC[C@@H]1CCCO1)/c1ccccn1. The number of thiophene rings is 1. The zero-order valence-corrected chi connectivity index (χ0v) is 15.2. The van der Waals surface area contributed by atoms with E-state index < -0.39 is 0 Å². The second-order valence-electron chi connectivity index (χ2n) is 5.67. The minimum atomic E-state index is 0.237. The molecular weight excluding hydrogens is 352 g/mol. The third-order valence-electron chi connectivity index (χ3n) is 3.91. The zero-order chi connectivity index (χ0) is 16.9. The quantitative estimate of drug-likeness (QED) is 0.644. The highest BCUT2D eigenvalue weighted by Crippen LogP contribution is 2.25. The van der Waals surface area contributed by atoms with Crippen molar-refractivity contribution in [3.8, 4) is 10.6 Å². The number of thiazole rings is 1. The molecule has 128 valence electrons. The van der Waals surface area contributed by atoms with E-state index >= 15 is 0 Å². The molecule has 1 atom stereocenters. The van der Waals surface area contributed by atoms with Crippen LogP contribution in [0.3, 0.4) is 0 Å². The van der Waals surface area contributed by atoms with Gasteiger partial charge in [0.15, 0.2) is 0 Å². The van der Waals surface area contributed by atoms with Crippen LogP contribution in [0.2, 0.25) is 0 Å². The van der Waals surface area contributed by atoms with Gasteiger partial charge in [-0.15, -0.1) is 22.7 Å². The molecule has 0 unspecified atom stereocenters. The van der Waals surface area contributed by atoms with Crippen LogP contribution in [0.15, 0.2) is 57.4 Å². The number of pyridine rings is 1. The van der Waals surface area contributed by atoms with Crippen molar-refractivity contribution in [2.75, 3.05) is 13.2 Å². The van der Waals surface area contributed by atoms with E-state index in [0.29, 0.717) is 6.54 Å². The largest absolute Gasteiger partial charge is 0.376 e. The average Bonchev–Trinajstić information content (AvgIpc) is 3.40. The lowest BCUT2D eigenvalue weighted by molar-refractivity contribution is 0.117. The van der Waals surface area contributed by atoms with Crippen LogP contribution >= 0.6 is 22.7 Å². The van der Waals surface area contributed by atoms with Crippen LogP contribution < -0.4 is 4.80 Å². The lowest BCUT2D eigenvalue weighted by atomic mass is 10.2. The van der Waals surface area contributed by atoms with Gasteiger partial charge in [-0.3, -0.25) is 9.98 Å². The van der Waals surface area contributed by atoms with Gasteiger partial charge in [0.2, 0.25) is 4.80 Å². The lowest BCUT2D eigenvalue weighted by Gasteiger charge is -2.04. The van der Waals surface area contributed by atoms with Crippen molar-refractivity contribution >= 4 is 28.9 Å². The molecule has 7 heteroatoms. The summed E-state index contributed by atoms with van der Waals surface area (Å²) in [6.45, 7) is 1.53. The van der Waals surface area contributed by atoms with Crippen molar-refractivity contribution < 1.29 is 4.74 Å². The molecule has 4 heterocycles. The summed E-state index contributed by atoms with van der Waals surface area (Å²) in [4.78, 5) is 11.1. The second kappa shape index (κ2) is 7.86. The third kappa shape index (κ3) is 3.95. The van der Waals surface area contributed by atoms with Crippen molar-refractivity contribution in [1.29, 1.82) is 0 Å². The van der Waals surface area contributed by atoms with Crippen LogP contribution in [0.1, 0.15) is 18.5 Å². The van der Waals surface area contributed by atoms with E-state index in [1.54, 1.807) is 35.1 Å². The summed E-state index contributed by atoms with van der Waals surface area (Å²) >= 11 is 3.30. The molecular formula is C18H18N4OS2. The van der Waals surface area contributed by atoms with E-state index in [4.69, 9.17) is 9.73 Å².